The summed E-state index contributed by atoms with van der Waals surface area (Å²) in [6.45, 7) is 6.44. The number of likely N-dealkylation sites (N-methyl/N-ethyl adjacent to an activating group) is 1. The molecule has 0 saturated carbocycles. The van der Waals surface area contributed by atoms with Gasteiger partial charge in [0.25, 0.3) is 0 Å². The summed E-state index contributed by atoms with van der Waals surface area (Å²) in [6, 6.07) is 3.87. The number of esters is 1. The Morgan fingerprint density at radius 2 is 2.05 bits per heavy atom. The number of hydrogen-bond donors (Lipinski definition) is 1. The van der Waals surface area contributed by atoms with E-state index in [0.29, 0.717) is 5.56 Å². The van der Waals surface area contributed by atoms with Gasteiger partial charge in [-0.2, -0.15) is 0 Å². The Hall–Kier alpha value is -1.11. The molecule has 124 valence electrons. The van der Waals surface area contributed by atoms with Crippen LogP contribution in [0, 0.1) is 0 Å². The molecule has 6 heteroatoms. The number of carbonyl (C=O) groups is 1. The Kier molecular flexibility index (Phi) is 6.84. The van der Waals surface area contributed by atoms with E-state index in [9.17, 15) is 4.79 Å². The van der Waals surface area contributed by atoms with E-state index in [1.807, 2.05) is 33.9 Å². The summed E-state index contributed by atoms with van der Waals surface area (Å²) in [4.78, 5) is 13.7. The molecule has 0 bridgehead atoms. The number of benzene rings is 1. The van der Waals surface area contributed by atoms with Crippen molar-refractivity contribution in [1.82, 2.24) is 0 Å². The highest BCUT2D eigenvalue weighted by molar-refractivity contribution is 9.10. The van der Waals surface area contributed by atoms with Crippen LogP contribution in [0.1, 0.15) is 36.7 Å². The number of halogens is 1. The largest absolute Gasteiger partial charge is 0.465 e. The molecule has 0 atom stereocenters. The Labute approximate surface area is 140 Å². The molecule has 0 aliphatic carbocycles. The summed E-state index contributed by atoms with van der Waals surface area (Å²) in [5.41, 5.74) is 2.65. The zero-order valence-electron chi connectivity index (χ0n) is 13.8. The molecule has 0 saturated heterocycles. The highest BCUT2D eigenvalue weighted by Gasteiger charge is 2.24. The Morgan fingerprint density at radius 1 is 1.41 bits per heavy atom. The molecule has 0 amide bonds. The van der Waals surface area contributed by atoms with Crippen LogP contribution in [0.4, 0.5) is 5.69 Å². The maximum absolute atomic E-state index is 11.6. The van der Waals surface area contributed by atoms with Gasteiger partial charge >= 0.3 is 5.97 Å². The summed E-state index contributed by atoms with van der Waals surface area (Å²) in [7, 11) is 3.40. The molecule has 0 aromatic heterocycles. The maximum atomic E-state index is 11.6. The van der Waals surface area contributed by atoms with Crippen molar-refractivity contribution in [3.05, 3.63) is 27.7 Å². The zero-order valence-corrected chi connectivity index (χ0v) is 15.4. The van der Waals surface area contributed by atoms with Crippen LogP contribution in [-0.4, -0.2) is 44.2 Å². The third-order valence-corrected chi connectivity index (χ3v) is 3.61. The smallest absolute Gasteiger partial charge is 0.340 e. The fourth-order valence-corrected chi connectivity index (χ4v) is 2.66. The number of rotatable bonds is 2. The molecule has 1 aliphatic heterocycles. The fourth-order valence-electron chi connectivity index (χ4n) is 2.16. The molecule has 1 aliphatic rings. The lowest BCUT2D eigenvalue weighted by Gasteiger charge is -2.16. The first-order chi connectivity index (χ1) is 10.2. The number of carbonyl (C=O) groups excluding carboxylic acids is 1. The number of methoxy groups -OCH3 is 1. The third kappa shape index (κ3) is 5.26. The molecule has 0 radical (unpaired) electrons. The number of aliphatic hydroxyl groups is 1. The van der Waals surface area contributed by atoms with Crippen molar-refractivity contribution in [3.8, 4) is 0 Å². The predicted octanol–water partition coefficient (Wildman–Crippen LogP) is 2.98. The van der Waals surface area contributed by atoms with Crippen molar-refractivity contribution in [2.24, 2.45) is 0 Å². The average molecular weight is 374 g/mol. The molecule has 22 heavy (non-hydrogen) atoms. The summed E-state index contributed by atoms with van der Waals surface area (Å²) in [6.07, 6.45) is 0.981. The van der Waals surface area contributed by atoms with Gasteiger partial charge in [-0.25, -0.2) is 4.79 Å². The summed E-state index contributed by atoms with van der Waals surface area (Å²) >= 11 is 3.41. The first-order valence-corrected chi connectivity index (χ1v) is 7.85. The van der Waals surface area contributed by atoms with Crippen molar-refractivity contribution in [3.63, 3.8) is 0 Å². The molecule has 1 heterocycles. The van der Waals surface area contributed by atoms with Gasteiger partial charge in [0.1, 0.15) is 6.79 Å². The normalized spacial score (nSPS) is 13.3. The van der Waals surface area contributed by atoms with E-state index in [0.717, 1.165) is 23.1 Å². The lowest BCUT2D eigenvalue weighted by Crippen LogP contribution is -2.19. The Morgan fingerprint density at radius 3 is 2.50 bits per heavy atom. The SMILES string of the molecule is CC(C)(C)OCO.COC(=O)c1cc(Br)cc2c1N(C)CC2. The van der Waals surface area contributed by atoms with Crippen molar-refractivity contribution in [2.45, 2.75) is 32.8 Å². The lowest BCUT2D eigenvalue weighted by molar-refractivity contribution is -0.0877. The summed E-state index contributed by atoms with van der Waals surface area (Å²) in [5, 5.41) is 8.18. The van der Waals surface area contributed by atoms with Crippen LogP contribution in [0.2, 0.25) is 0 Å². The number of ether oxygens (including phenoxy) is 2. The van der Waals surface area contributed by atoms with Gasteiger partial charge in [-0.15, -0.1) is 0 Å². The number of fused-ring (bicyclic) bond motifs is 1. The quantitative estimate of drug-likeness (QED) is 0.637. The van der Waals surface area contributed by atoms with E-state index in [-0.39, 0.29) is 18.4 Å². The van der Waals surface area contributed by atoms with Crippen molar-refractivity contribution >= 4 is 27.6 Å². The highest BCUT2D eigenvalue weighted by atomic mass is 79.9. The molecule has 5 nitrogen and oxygen atoms in total. The van der Waals surface area contributed by atoms with Gasteiger partial charge in [0.05, 0.1) is 24.0 Å². The van der Waals surface area contributed by atoms with Crippen LogP contribution in [0.25, 0.3) is 0 Å². The maximum Gasteiger partial charge on any atom is 0.340 e. The molecular formula is C16H24BrNO4. The van der Waals surface area contributed by atoms with Crippen molar-refractivity contribution < 1.29 is 19.4 Å². The molecular weight excluding hydrogens is 350 g/mol. The van der Waals surface area contributed by atoms with E-state index < -0.39 is 0 Å². The summed E-state index contributed by atoms with van der Waals surface area (Å²) in [5.74, 6) is -0.277. The predicted molar refractivity (Wildman–Crippen MR) is 90.4 cm³/mol. The van der Waals surface area contributed by atoms with Crippen LogP contribution in [0.5, 0.6) is 0 Å². The molecule has 1 N–H and O–H groups in total. The highest BCUT2D eigenvalue weighted by Crippen LogP contribution is 2.34. The molecule has 0 fully saturated rings. The molecule has 1 aromatic carbocycles. The van der Waals surface area contributed by atoms with Crippen LogP contribution < -0.4 is 4.90 Å². The van der Waals surface area contributed by atoms with Gasteiger partial charge in [-0.1, -0.05) is 15.9 Å². The van der Waals surface area contributed by atoms with Gasteiger partial charge < -0.3 is 19.5 Å². The second-order valence-electron chi connectivity index (χ2n) is 6.01. The second kappa shape index (κ2) is 7.94. The molecule has 1 aromatic rings. The van der Waals surface area contributed by atoms with Crippen LogP contribution in [0.3, 0.4) is 0 Å². The van der Waals surface area contributed by atoms with E-state index in [2.05, 4.69) is 26.9 Å². The standard InChI is InChI=1S/C11H12BrNO2.C5H12O2/c1-13-4-3-7-5-8(12)6-9(10(7)13)11(14)15-2;1-5(2,3)7-4-6/h5-6H,3-4H2,1-2H3;6H,4H2,1-3H3. The molecule has 0 spiro atoms. The van der Waals surface area contributed by atoms with E-state index in [1.165, 1.54) is 12.7 Å². The number of aliphatic hydroxyl groups excluding tert-OH is 1. The minimum Gasteiger partial charge on any atom is -0.465 e. The van der Waals surface area contributed by atoms with Crippen molar-refractivity contribution in [2.75, 3.05) is 32.4 Å². The minimum atomic E-state index is -0.277. The van der Waals surface area contributed by atoms with Crippen LogP contribution in [-0.2, 0) is 15.9 Å². The van der Waals surface area contributed by atoms with Gasteiger partial charge in [-0.05, 0) is 44.9 Å². The van der Waals surface area contributed by atoms with Gasteiger partial charge in [0, 0.05) is 18.1 Å². The average Bonchev–Trinajstić information content (AvgIpc) is 2.77. The molecule has 2 rings (SSSR count). The van der Waals surface area contributed by atoms with Gasteiger partial charge in [0.15, 0.2) is 0 Å². The summed E-state index contributed by atoms with van der Waals surface area (Å²) < 4.78 is 10.5. The first kappa shape index (κ1) is 18.9. The minimum absolute atomic E-state index is 0.191. The van der Waals surface area contributed by atoms with Crippen LogP contribution >= 0.6 is 15.9 Å². The van der Waals surface area contributed by atoms with Crippen LogP contribution in [0.15, 0.2) is 16.6 Å². The fraction of sp³-hybridized carbons (Fsp3) is 0.562. The van der Waals surface area contributed by atoms with Gasteiger partial charge in [0.2, 0.25) is 0 Å². The molecule has 0 unspecified atom stereocenters. The Balaban J connectivity index is 0.000000295. The number of anilines is 1. The van der Waals surface area contributed by atoms with E-state index >= 15 is 0 Å². The second-order valence-corrected chi connectivity index (χ2v) is 6.93. The topological polar surface area (TPSA) is 59.0 Å². The number of nitrogens with zero attached hydrogens (tertiary/aromatic N) is 1. The first-order valence-electron chi connectivity index (χ1n) is 7.06. The van der Waals surface area contributed by atoms with E-state index in [1.54, 1.807) is 0 Å². The van der Waals surface area contributed by atoms with Crippen molar-refractivity contribution in [1.29, 1.82) is 0 Å². The number of hydrogen-bond acceptors (Lipinski definition) is 5. The zero-order chi connectivity index (χ0) is 16.9. The van der Waals surface area contributed by atoms with Gasteiger partial charge in [-0.3, -0.25) is 0 Å². The third-order valence-electron chi connectivity index (χ3n) is 3.15. The Bertz CT molecular complexity index is 526. The lowest BCUT2D eigenvalue weighted by atomic mass is 10.1. The van der Waals surface area contributed by atoms with E-state index in [4.69, 9.17) is 14.6 Å². The monoisotopic (exact) mass is 373 g/mol.